The van der Waals surface area contributed by atoms with Crippen molar-refractivity contribution >= 4 is 12.1 Å². The Kier molecular flexibility index (Phi) is 5.27. The van der Waals surface area contributed by atoms with Gasteiger partial charge in [-0.1, -0.05) is 54.6 Å². The van der Waals surface area contributed by atoms with Gasteiger partial charge in [0, 0.05) is 0 Å². The summed E-state index contributed by atoms with van der Waals surface area (Å²) in [5.41, 5.74) is 8.80. The normalized spacial score (nSPS) is 11.5. The predicted molar refractivity (Wildman–Crippen MR) is 82.1 cm³/mol. The average molecular weight is 299 g/mol. The van der Waals surface area contributed by atoms with Crippen LogP contribution in [0.25, 0.3) is 11.1 Å². The molecule has 5 heteroatoms. The molecule has 0 bridgehead atoms. The van der Waals surface area contributed by atoms with E-state index >= 15 is 0 Å². The number of ether oxygens (including phenoxy) is 2. The highest BCUT2D eigenvalue weighted by Gasteiger charge is 2.19. The lowest BCUT2D eigenvalue weighted by Gasteiger charge is -2.10. The highest BCUT2D eigenvalue weighted by molar-refractivity contribution is 5.85. The van der Waals surface area contributed by atoms with Crippen molar-refractivity contribution in [2.24, 2.45) is 5.73 Å². The standard InChI is InChI=1S/C17H17NO4/c1-21-17(20)22-16(19)15(18)11-12-7-9-14(10-8-12)13-5-3-2-4-6-13/h2-10,15H,11,18H2,1H3/t15-/m0/s1. The number of nitrogens with two attached hydrogens (primary N) is 1. The Balaban J connectivity index is 1.99. The van der Waals surface area contributed by atoms with E-state index in [1.165, 1.54) is 0 Å². The van der Waals surface area contributed by atoms with Crippen LogP contribution in [-0.4, -0.2) is 25.3 Å². The highest BCUT2D eigenvalue weighted by Crippen LogP contribution is 2.19. The molecule has 114 valence electrons. The van der Waals surface area contributed by atoms with E-state index in [9.17, 15) is 9.59 Å². The van der Waals surface area contributed by atoms with Crippen molar-refractivity contribution in [3.63, 3.8) is 0 Å². The molecule has 0 aliphatic rings. The van der Waals surface area contributed by atoms with Crippen molar-refractivity contribution in [3.05, 3.63) is 60.2 Å². The molecule has 2 rings (SSSR count). The van der Waals surface area contributed by atoms with E-state index in [-0.39, 0.29) is 6.42 Å². The first-order valence-electron chi connectivity index (χ1n) is 6.79. The molecule has 1 atom stereocenters. The minimum atomic E-state index is -1.06. The molecule has 2 N–H and O–H groups in total. The molecule has 0 unspecified atom stereocenters. The van der Waals surface area contributed by atoms with Crippen LogP contribution in [0.1, 0.15) is 5.56 Å². The molecule has 0 aliphatic carbocycles. The molecular weight excluding hydrogens is 282 g/mol. The van der Waals surface area contributed by atoms with Gasteiger partial charge in [-0.05, 0) is 23.1 Å². The highest BCUT2D eigenvalue weighted by atomic mass is 16.7. The molecule has 0 amide bonds. The van der Waals surface area contributed by atoms with E-state index in [0.717, 1.165) is 23.8 Å². The molecule has 2 aromatic carbocycles. The van der Waals surface area contributed by atoms with Crippen molar-refractivity contribution in [3.8, 4) is 11.1 Å². The summed E-state index contributed by atoms with van der Waals surface area (Å²) >= 11 is 0. The lowest BCUT2D eigenvalue weighted by molar-refractivity contribution is -0.140. The van der Waals surface area contributed by atoms with Gasteiger partial charge in [-0.3, -0.25) is 0 Å². The van der Waals surface area contributed by atoms with Gasteiger partial charge in [0.25, 0.3) is 0 Å². The molecule has 0 spiro atoms. The number of carbonyl (C=O) groups is 2. The van der Waals surface area contributed by atoms with Crippen LogP contribution in [0.4, 0.5) is 4.79 Å². The summed E-state index contributed by atoms with van der Waals surface area (Å²) in [5.74, 6) is -0.806. The van der Waals surface area contributed by atoms with Crippen molar-refractivity contribution in [1.82, 2.24) is 0 Å². The van der Waals surface area contributed by atoms with Crippen LogP contribution in [0, 0.1) is 0 Å². The predicted octanol–water partition coefficient (Wildman–Crippen LogP) is 2.53. The van der Waals surface area contributed by atoms with Gasteiger partial charge in [-0.25, -0.2) is 9.59 Å². The summed E-state index contributed by atoms with van der Waals surface area (Å²) in [6.07, 6.45) is -0.773. The van der Waals surface area contributed by atoms with Crippen LogP contribution in [0.15, 0.2) is 54.6 Å². The second kappa shape index (κ2) is 7.38. The summed E-state index contributed by atoms with van der Waals surface area (Å²) in [7, 11) is 1.13. The first kappa shape index (κ1) is 15.7. The quantitative estimate of drug-likeness (QED) is 0.693. The first-order valence-corrected chi connectivity index (χ1v) is 6.79. The number of hydrogen-bond donors (Lipinski definition) is 1. The maximum Gasteiger partial charge on any atom is 0.515 e. The largest absolute Gasteiger partial charge is 0.515 e. The third-order valence-corrected chi connectivity index (χ3v) is 3.17. The monoisotopic (exact) mass is 299 g/mol. The number of esters is 1. The zero-order valence-corrected chi connectivity index (χ0v) is 12.2. The van der Waals surface area contributed by atoms with Crippen LogP contribution < -0.4 is 5.73 Å². The average Bonchev–Trinajstić information content (AvgIpc) is 2.56. The van der Waals surface area contributed by atoms with E-state index < -0.39 is 18.2 Å². The van der Waals surface area contributed by atoms with E-state index in [2.05, 4.69) is 9.47 Å². The van der Waals surface area contributed by atoms with E-state index in [1.807, 2.05) is 54.6 Å². The van der Waals surface area contributed by atoms with Crippen LogP contribution >= 0.6 is 0 Å². The lowest BCUT2D eigenvalue weighted by atomic mass is 10.0. The van der Waals surface area contributed by atoms with Gasteiger partial charge < -0.3 is 15.2 Å². The number of hydrogen-bond acceptors (Lipinski definition) is 5. The molecule has 0 fully saturated rings. The zero-order chi connectivity index (χ0) is 15.9. The molecule has 0 saturated carbocycles. The number of benzene rings is 2. The van der Waals surface area contributed by atoms with Gasteiger partial charge >= 0.3 is 12.1 Å². The Morgan fingerprint density at radius 1 is 1.00 bits per heavy atom. The van der Waals surface area contributed by atoms with Gasteiger partial charge in [-0.15, -0.1) is 0 Å². The zero-order valence-electron chi connectivity index (χ0n) is 12.2. The lowest BCUT2D eigenvalue weighted by Crippen LogP contribution is -2.35. The van der Waals surface area contributed by atoms with Gasteiger partial charge in [0.2, 0.25) is 0 Å². The maximum absolute atomic E-state index is 11.6. The number of methoxy groups -OCH3 is 1. The van der Waals surface area contributed by atoms with Crippen molar-refractivity contribution in [2.45, 2.75) is 12.5 Å². The Morgan fingerprint density at radius 2 is 1.59 bits per heavy atom. The topological polar surface area (TPSA) is 78.6 Å². The second-order valence-electron chi connectivity index (χ2n) is 4.75. The molecule has 22 heavy (non-hydrogen) atoms. The Morgan fingerprint density at radius 3 is 2.18 bits per heavy atom. The summed E-state index contributed by atoms with van der Waals surface area (Å²) in [6, 6.07) is 16.8. The maximum atomic E-state index is 11.6. The van der Waals surface area contributed by atoms with Gasteiger partial charge in [0.05, 0.1) is 7.11 Å². The fraction of sp³-hybridized carbons (Fsp3) is 0.176. The molecule has 0 heterocycles. The molecule has 0 radical (unpaired) electrons. The minimum absolute atomic E-state index is 0.283. The molecule has 5 nitrogen and oxygen atoms in total. The van der Waals surface area contributed by atoms with Crippen molar-refractivity contribution < 1.29 is 19.1 Å². The van der Waals surface area contributed by atoms with Gasteiger partial charge in [-0.2, -0.15) is 0 Å². The second-order valence-corrected chi connectivity index (χ2v) is 4.75. The van der Waals surface area contributed by atoms with Crippen LogP contribution in [0.3, 0.4) is 0 Å². The van der Waals surface area contributed by atoms with Crippen LogP contribution in [0.5, 0.6) is 0 Å². The molecule has 0 aliphatic heterocycles. The van der Waals surface area contributed by atoms with E-state index in [1.54, 1.807) is 0 Å². The molecule has 2 aromatic rings. The molecular formula is C17H17NO4. The fourth-order valence-corrected chi connectivity index (χ4v) is 2.00. The summed E-state index contributed by atoms with van der Waals surface area (Å²) < 4.78 is 8.65. The Bertz CT molecular complexity index is 637. The van der Waals surface area contributed by atoms with Crippen LogP contribution in [0.2, 0.25) is 0 Å². The third-order valence-electron chi connectivity index (χ3n) is 3.17. The van der Waals surface area contributed by atoms with Gasteiger partial charge in [0.1, 0.15) is 6.04 Å². The van der Waals surface area contributed by atoms with Crippen LogP contribution in [-0.2, 0) is 20.7 Å². The Hall–Kier alpha value is -2.66. The summed E-state index contributed by atoms with van der Waals surface area (Å²) in [4.78, 5) is 22.4. The van der Waals surface area contributed by atoms with Gasteiger partial charge in [0.15, 0.2) is 0 Å². The van der Waals surface area contributed by atoms with Crippen molar-refractivity contribution in [2.75, 3.05) is 7.11 Å². The molecule has 0 saturated heterocycles. The van der Waals surface area contributed by atoms with Crippen molar-refractivity contribution in [1.29, 1.82) is 0 Å². The van der Waals surface area contributed by atoms with E-state index in [4.69, 9.17) is 5.73 Å². The third kappa shape index (κ3) is 4.17. The fourth-order valence-electron chi connectivity index (χ4n) is 2.00. The first-order chi connectivity index (χ1) is 10.6. The molecule has 0 aromatic heterocycles. The van der Waals surface area contributed by atoms with E-state index in [0.29, 0.717) is 0 Å². The minimum Gasteiger partial charge on any atom is -0.437 e. The summed E-state index contributed by atoms with van der Waals surface area (Å²) in [6.45, 7) is 0. The Labute approximate surface area is 128 Å². The number of rotatable bonds is 4. The SMILES string of the molecule is COC(=O)OC(=O)[C@@H](N)Cc1ccc(-c2ccccc2)cc1. The smallest absolute Gasteiger partial charge is 0.437 e. The summed E-state index contributed by atoms with van der Waals surface area (Å²) in [5, 5.41) is 0. The number of carbonyl (C=O) groups excluding carboxylic acids is 2.